The van der Waals surface area contributed by atoms with E-state index in [1.165, 1.54) is 17.9 Å². The highest BCUT2D eigenvalue weighted by Crippen LogP contribution is 2.04. The molecule has 6 nitrogen and oxygen atoms in total. The SMILES string of the molecule is CCCCOC(=O)Cn1c(COC)ncc(Br)c1=O. The highest BCUT2D eigenvalue weighted by atomic mass is 79.9. The molecule has 0 atom stereocenters. The molecule has 0 spiro atoms. The molecular weight excluding hydrogens is 316 g/mol. The number of hydrogen-bond donors (Lipinski definition) is 0. The maximum Gasteiger partial charge on any atom is 0.326 e. The van der Waals surface area contributed by atoms with Gasteiger partial charge in [0.2, 0.25) is 0 Å². The van der Waals surface area contributed by atoms with Crippen LogP contribution >= 0.6 is 15.9 Å². The van der Waals surface area contributed by atoms with Crippen molar-refractivity contribution in [3.8, 4) is 0 Å². The summed E-state index contributed by atoms with van der Waals surface area (Å²) in [6, 6.07) is 0. The molecule has 0 bridgehead atoms. The smallest absolute Gasteiger partial charge is 0.326 e. The number of hydrogen-bond acceptors (Lipinski definition) is 5. The van der Waals surface area contributed by atoms with Crippen molar-refractivity contribution in [2.45, 2.75) is 32.9 Å². The Kier molecular flexibility index (Phi) is 6.72. The molecule has 1 aromatic rings. The van der Waals surface area contributed by atoms with Crippen LogP contribution in [-0.2, 0) is 27.4 Å². The summed E-state index contributed by atoms with van der Waals surface area (Å²) in [4.78, 5) is 27.6. The first-order valence-corrected chi connectivity index (χ1v) is 6.78. The highest BCUT2D eigenvalue weighted by Gasteiger charge is 2.13. The number of rotatable bonds is 7. The van der Waals surface area contributed by atoms with Crippen LogP contribution in [0.25, 0.3) is 0 Å². The zero-order chi connectivity index (χ0) is 14.3. The lowest BCUT2D eigenvalue weighted by atomic mass is 10.4. The molecule has 1 aromatic heterocycles. The van der Waals surface area contributed by atoms with Crippen molar-refractivity contribution in [1.82, 2.24) is 9.55 Å². The molecule has 0 aliphatic rings. The first-order valence-electron chi connectivity index (χ1n) is 5.99. The van der Waals surface area contributed by atoms with Gasteiger partial charge in [-0.25, -0.2) is 4.98 Å². The third-order valence-corrected chi connectivity index (χ3v) is 2.95. The fourth-order valence-corrected chi connectivity index (χ4v) is 1.73. The Morgan fingerprint density at radius 1 is 1.53 bits per heavy atom. The molecule has 0 amide bonds. The maximum atomic E-state index is 11.9. The van der Waals surface area contributed by atoms with Crippen LogP contribution in [0.5, 0.6) is 0 Å². The van der Waals surface area contributed by atoms with Gasteiger partial charge in [-0.05, 0) is 22.4 Å². The van der Waals surface area contributed by atoms with E-state index in [1.807, 2.05) is 6.92 Å². The van der Waals surface area contributed by atoms with Crippen LogP contribution in [0.1, 0.15) is 25.6 Å². The Morgan fingerprint density at radius 2 is 2.26 bits per heavy atom. The van der Waals surface area contributed by atoms with E-state index < -0.39 is 5.97 Å². The van der Waals surface area contributed by atoms with Gasteiger partial charge in [0.25, 0.3) is 5.56 Å². The molecule has 0 fully saturated rings. The van der Waals surface area contributed by atoms with Crippen LogP contribution in [0.4, 0.5) is 0 Å². The van der Waals surface area contributed by atoms with Crippen molar-refractivity contribution in [3.63, 3.8) is 0 Å². The summed E-state index contributed by atoms with van der Waals surface area (Å²) in [5, 5.41) is 0. The number of esters is 1. The molecule has 0 unspecified atom stereocenters. The Labute approximate surface area is 119 Å². The normalized spacial score (nSPS) is 10.5. The second-order valence-corrected chi connectivity index (χ2v) is 4.78. The van der Waals surface area contributed by atoms with Crippen molar-refractivity contribution in [3.05, 3.63) is 26.8 Å². The van der Waals surface area contributed by atoms with Gasteiger partial charge >= 0.3 is 5.97 Å². The molecule has 19 heavy (non-hydrogen) atoms. The topological polar surface area (TPSA) is 70.4 Å². The quantitative estimate of drug-likeness (QED) is 0.559. The van der Waals surface area contributed by atoms with E-state index in [-0.39, 0.29) is 18.7 Å². The van der Waals surface area contributed by atoms with Crippen LogP contribution in [-0.4, -0.2) is 29.2 Å². The zero-order valence-corrected chi connectivity index (χ0v) is 12.6. The van der Waals surface area contributed by atoms with Crippen LogP contribution in [0, 0.1) is 0 Å². The average Bonchev–Trinajstić information content (AvgIpc) is 2.39. The van der Waals surface area contributed by atoms with Gasteiger partial charge in [0.15, 0.2) is 0 Å². The molecule has 0 saturated carbocycles. The largest absolute Gasteiger partial charge is 0.464 e. The molecule has 7 heteroatoms. The van der Waals surface area contributed by atoms with Crippen LogP contribution < -0.4 is 5.56 Å². The summed E-state index contributed by atoms with van der Waals surface area (Å²) < 4.78 is 11.5. The van der Waals surface area contributed by atoms with E-state index in [2.05, 4.69) is 20.9 Å². The van der Waals surface area contributed by atoms with E-state index in [4.69, 9.17) is 9.47 Å². The number of halogens is 1. The highest BCUT2D eigenvalue weighted by molar-refractivity contribution is 9.10. The minimum Gasteiger partial charge on any atom is -0.464 e. The molecule has 0 aromatic carbocycles. The first kappa shape index (κ1) is 15.8. The molecule has 0 radical (unpaired) electrons. The van der Waals surface area contributed by atoms with Gasteiger partial charge in [0.1, 0.15) is 23.4 Å². The Balaban J connectivity index is 2.83. The molecular formula is C12H17BrN2O4. The second kappa shape index (κ2) is 8.06. The van der Waals surface area contributed by atoms with Crippen molar-refractivity contribution < 1.29 is 14.3 Å². The minimum atomic E-state index is -0.451. The maximum absolute atomic E-state index is 11.9. The zero-order valence-electron chi connectivity index (χ0n) is 11.0. The molecule has 106 valence electrons. The Hall–Kier alpha value is -1.21. The predicted octanol–water partition coefficient (Wildman–Crippen LogP) is 1.50. The molecule has 0 N–H and O–H groups in total. The summed E-state index contributed by atoms with van der Waals surface area (Å²) in [7, 11) is 1.50. The Bertz CT molecular complexity index is 487. The summed E-state index contributed by atoms with van der Waals surface area (Å²) in [6.07, 6.45) is 3.15. The summed E-state index contributed by atoms with van der Waals surface area (Å²) >= 11 is 3.10. The first-order chi connectivity index (χ1) is 9.10. The van der Waals surface area contributed by atoms with Gasteiger partial charge in [-0.1, -0.05) is 13.3 Å². The number of aromatic nitrogens is 2. The second-order valence-electron chi connectivity index (χ2n) is 3.92. The van der Waals surface area contributed by atoms with Gasteiger partial charge in [-0.3, -0.25) is 14.2 Å². The van der Waals surface area contributed by atoms with Crippen LogP contribution in [0.3, 0.4) is 0 Å². The summed E-state index contributed by atoms with van der Waals surface area (Å²) in [5.74, 6) is -0.0593. The molecule has 0 aliphatic carbocycles. The number of ether oxygens (including phenoxy) is 2. The standard InChI is InChI=1S/C12H17BrN2O4/c1-3-4-5-19-11(16)7-15-10(8-18-2)14-6-9(13)12(15)17/h6H,3-5,7-8H2,1-2H3. The third-order valence-electron chi connectivity index (χ3n) is 2.41. The van der Waals surface area contributed by atoms with E-state index in [0.717, 1.165) is 12.8 Å². The van der Waals surface area contributed by atoms with Gasteiger partial charge in [0, 0.05) is 13.3 Å². The van der Waals surface area contributed by atoms with Crippen molar-refractivity contribution in [2.24, 2.45) is 0 Å². The van der Waals surface area contributed by atoms with Gasteiger partial charge in [-0.15, -0.1) is 0 Å². The van der Waals surface area contributed by atoms with Crippen molar-refractivity contribution in [2.75, 3.05) is 13.7 Å². The fraction of sp³-hybridized carbons (Fsp3) is 0.583. The minimum absolute atomic E-state index is 0.157. The van der Waals surface area contributed by atoms with E-state index in [9.17, 15) is 9.59 Å². The Morgan fingerprint density at radius 3 is 2.89 bits per heavy atom. The van der Waals surface area contributed by atoms with Gasteiger partial charge < -0.3 is 9.47 Å². The van der Waals surface area contributed by atoms with Gasteiger partial charge in [-0.2, -0.15) is 0 Å². The van der Waals surface area contributed by atoms with E-state index >= 15 is 0 Å². The van der Waals surface area contributed by atoms with Crippen molar-refractivity contribution >= 4 is 21.9 Å². The number of nitrogens with zero attached hydrogens (tertiary/aromatic N) is 2. The van der Waals surface area contributed by atoms with Crippen LogP contribution in [0.15, 0.2) is 15.5 Å². The summed E-state index contributed by atoms with van der Waals surface area (Å²) in [5.41, 5.74) is -0.325. The fourth-order valence-electron chi connectivity index (χ4n) is 1.41. The van der Waals surface area contributed by atoms with Crippen molar-refractivity contribution in [1.29, 1.82) is 0 Å². The van der Waals surface area contributed by atoms with E-state index in [0.29, 0.717) is 16.9 Å². The monoisotopic (exact) mass is 332 g/mol. The predicted molar refractivity (Wildman–Crippen MR) is 72.8 cm³/mol. The molecule has 0 aliphatic heterocycles. The molecule has 1 heterocycles. The lowest BCUT2D eigenvalue weighted by Crippen LogP contribution is -2.30. The van der Waals surface area contributed by atoms with Gasteiger partial charge in [0.05, 0.1) is 6.61 Å². The number of unbranched alkanes of at least 4 members (excludes halogenated alkanes) is 1. The van der Waals surface area contributed by atoms with E-state index in [1.54, 1.807) is 0 Å². The number of methoxy groups -OCH3 is 1. The number of carbonyl (C=O) groups is 1. The molecule has 1 rings (SSSR count). The number of carbonyl (C=O) groups excluding carboxylic acids is 1. The third kappa shape index (κ3) is 4.76. The average molecular weight is 333 g/mol. The lowest BCUT2D eigenvalue weighted by molar-refractivity contribution is -0.144. The molecule has 0 saturated heterocycles. The van der Waals surface area contributed by atoms with Crippen LogP contribution in [0.2, 0.25) is 0 Å². The lowest BCUT2D eigenvalue weighted by Gasteiger charge is -2.11. The summed E-state index contributed by atoms with van der Waals surface area (Å²) in [6.45, 7) is 2.37.